The van der Waals surface area contributed by atoms with Crippen molar-refractivity contribution in [2.75, 3.05) is 45.8 Å². The average molecular weight is 277 g/mol. The van der Waals surface area contributed by atoms with Gasteiger partial charge >= 0.3 is 5.97 Å². The van der Waals surface area contributed by atoms with Gasteiger partial charge in [-0.2, -0.15) is 17.0 Å². The van der Waals surface area contributed by atoms with Gasteiger partial charge in [0.1, 0.15) is 0 Å². The van der Waals surface area contributed by atoms with Crippen molar-refractivity contribution in [2.45, 2.75) is 12.8 Å². The zero-order valence-corrected chi connectivity index (χ0v) is 11.1. The van der Waals surface area contributed by atoms with Crippen LogP contribution < -0.4 is 0 Å². The maximum Gasteiger partial charge on any atom is 0.317 e. The van der Waals surface area contributed by atoms with Gasteiger partial charge in [0, 0.05) is 39.3 Å². The van der Waals surface area contributed by atoms with Crippen molar-refractivity contribution in [1.82, 2.24) is 13.5 Å². The molecule has 8 heteroatoms. The summed E-state index contributed by atoms with van der Waals surface area (Å²) in [5.41, 5.74) is 0. The van der Waals surface area contributed by atoms with E-state index < -0.39 is 16.2 Å². The number of nitrogens with zero attached hydrogens (tertiary/aromatic N) is 3. The molecule has 0 amide bonds. The van der Waals surface area contributed by atoms with Crippen LogP contribution in [0.25, 0.3) is 0 Å². The van der Waals surface area contributed by atoms with Crippen LogP contribution in [0.4, 0.5) is 0 Å². The molecule has 0 aliphatic carbocycles. The summed E-state index contributed by atoms with van der Waals surface area (Å²) in [7, 11) is -3.32. The highest BCUT2D eigenvalue weighted by Crippen LogP contribution is 2.17. The van der Waals surface area contributed by atoms with Crippen LogP contribution in [-0.4, -0.2) is 78.8 Å². The normalized spacial score (nSPS) is 24.4. The van der Waals surface area contributed by atoms with Crippen LogP contribution in [0.1, 0.15) is 12.8 Å². The van der Waals surface area contributed by atoms with Gasteiger partial charge in [0.15, 0.2) is 0 Å². The summed E-state index contributed by atoms with van der Waals surface area (Å²) in [6.07, 6.45) is 1.86. The molecule has 2 saturated heterocycles. The number of carbonyl (C=O) groups is 1. The lowest BCUT2D eigenvalue weighted by atomic mass is 10.3. The molecule has 0 aromatic heterocycles. The van der Waals surface area contributed by atoms with Crippen LogP contribution in [0.5, 0.6) is 0 Å². The first-order chi connectivity index (χ1) is 8.50. The fraction of sp³-hybridized carbons (Fsp3) is 0.900. The zero-order chi connectivity index (χ0) is 13.2. The Hall–Kier alpha value is -0.700. The first-order valence-electron chi connectivity index (χ1n) is 6.19. The van der Waals surface area contributed by atoms with Crippen molar-refractivity contribution in [3.63, 3.8) is 0 Å². The van der Waals surface area contributed by atoms with E-state index in [1.807, 2.05) is 0 Å². The molecule has 0 saturated carbocycles. The SMILES string of the molecule is O=C(O)CN1CCN(S(=O)(=O)N2CCCC2)CC1. The Kier molecular flexibility index (Phi) is 4.21. The molecule has 0 atom stereocenters. The standard InChI is InChI=1S/C10H19N3O4S/c14-10(15)9-11-5-7-13(8-6-11)18(16,17)12-3-1-2-4-12/h1-9H2,(H,14,15). The summed E-state index contributed by atoms with van der Waals surface area (Å²) in [4.78, 5) is 12.3. The third-order valence-electron chi connectivity index (χ3n) is 3.41. The second kappa shape index (κ2) is 5.52. The molecule has 0 spiro atoms. The molecule has 2 heterocycles. The predicted octanol–water partition coefficient (Wildman–Crippen LogP) is -0.971. The van der Waals surface area contributed by atoms with Crippen molar-refractivity contribution in [1.29, 1.82) is 0 Å². The Morgan fingerprint density at radius 1 is 0.944 bits per heavy atom. The summed E-state index contributed by atoms with van der Waals surface area (Å²) in [5.74, 6) is -0.870. The average Bonchev–Trinajstić information content (AvgIpc) is 2.83. The highest BCUT2D eigenvalue weighted by Gasteiger charge is 2.33. The molecule has 0 bridgehead atoms. The summed E-state index contributed by atoms with van der Waals surface area (Å²) < 4.78 is 27.5. The summed E-state index contributed by atoms with van der Waals surface area (Å²) >= 11 is 0. The van der Waals surface area contributed by atoms with Crippen LogP contribution in [0.2, 0.25) is 0 Å². The Labute approximate surface area is 107 Å². The molecule has 0 aromatic rings. The van der Waals surface area contributed by atoms with Gasteiger partial charge in [-0.1, -0.05) is 0 Å². The molecule has 0 radical (unpaired) electrons. The fourth-order valence-corrected chi connectivity index (χ4v) is 4.06. The van der Waals surface area contributed by atoms with Gasteiger partial charge in [0.25, 0.3) is 10.2 Å². The van der Waals surface area contributed by atoms with E-state index in [0.29, 0.717) is 39.3 Å². The quantitative estimate of drug-likeness (QED) is 0.715. The molecule has 2 fully saturated rings. The molecule has 7 nitrogen and oxygen atoms in total. The van der Waals surface area contributed by atoms with Crippen LogP contribution in [0, 0.1) is 0 Å². The minimum absolute atomic E-state index is 0.0163. The molecular formula is C10H19N3O4S. The van der Waals surface area contributed by atoms with Gasteiger partial charge in [-0.05, 0) is 12.8 Å². The van der Waals surface area contributed by atoms with E-state index >= 15 is 0 Å². The minimum atomic E-state index is -3.32. The van der Waals surface area contributed by atoms with Crippen molar-refractivity contribution in [3.8, 4) is 0 Å². The van der Waals surface area contributed by atoms with Crippen molar-refractivity contribution < 1.29 is 18.3 Å². The lowest BCUT2D eigenvalue weighted by Crippen LogP contribution is -2.53. The molecular weight excluding hydrogens is 258 g/mol. The monoisotopic (exact) mass is 277 g/mol. The Balaban J connectivity index is 1.90. The molecule has 2 aliphatic heterocycles. The molecule has 0 aromatic carbocycles. The lowest BCUT2D eigenvalue weighted by molar-refractivity contribution is -0.138. The van der Waals surface area contributed by atoms with Crippen molar-refractivity contribution in [2.24, 2.45) is 0 Å². The van der Waals surface area contributed by atoms with Gasteiger partial charge in [-0.3, -0.25) is 9.69 Å². The Bertz CT molecular complexity index is 397. The van der Waals surface area contributed by atoms with E-state index in [2.05, 4.69) is 0 Å². The number of hydrogen-bond acceptors (Lipinski definition) is 4. The molecule has 104 valence electrons. The highest BCUT2D eigenvalue weighted by molar-refractivity contribution is 7.86. The minimum Gasteiger partial charge on any atom is -0.480 e. The van der Waals surface area contributed by atoms with E-state index in [4.69, 9.17) is 5.11 Å². The number of carboxylic acid groups (broad SMARTS) is 1. The predicted molar refractivity (Wildman–Crippen MR) is 65.4 cm³/mol. The Morgan fingerprint density at radius 3 is 1.94 bits per heavy atom. The second-order valence-electron chi connectivity index (χ2n) is 4.68. The molecule has 2 rings (SSSR count). The van der Waals surface area contributed by atoms with E-state index in [9.17, 15) is 13.2 Å². The first kappa shape index (κ1) is 13.7. The number of rotatable bonds is 4. The van der Waals surface area contributed by atoms with E-state index in [1.54, 1.807) is 4.90 Å². The zero-order valence-electron chi connectivity index (χ0n) is 10.3. The third kappa shape index (κ3) is 3.00. The number of aliphatic carboxylic acids is 1. The van der Waals surface area contributed by atoms with Gasteiger partial charge in [-0.15, -0.1) is 0 Å². The van der Waals surface area contributed by atoms with Crippen LogP contribution >= 0.6 is 0 Å². The van der Waals surface area contributed by atoms with Gasteiger partial charge < -0.3 is 5.11 Å². The molecule has 0 unspecified atom stereocenters. The number of piperazine rings is 1. The maximum atomic E-state index is 12.2. The Morgan fingerprint density at radius 2 is 1.44 bits per heavy atom. The van der Waals surface area contributed by atoms with Crippen LogP contribution in [-0.2, 0) is 15.0 Å². The van der Waals surface area contributed by atoms with E-state index in [1.165, 1.54) is 8.61 Å². The van der Waals surface area contributed by atoms with Gasteiger partial charge in [0.2, 0.25) is 0 Å². The van der Waals surface area contributed by atoms with E-state index in [0.717, 1.165) is 12.8 Å². The van der Waals surface area contributed by atoms with Crippen LogP contribution in [0.3, 0.4) is 0 Å². The van der Waals surface area contributed by atoms with Crippen molar-refractivity contribution >= 4 is 16.2 Å². The fourth-order valence-electron chi connectivity index (χ4n) is 2.39. The second-order valence-corrected chi connectivity index (χ2v) is 6.61. The third-order valence-corrected chi connectivity index (χ3v) is 5.44. The van der Waals surface area contributed by atoms with Gasteiger partial charge in [0.05, 0.1) is 6.54 Å². The number of carboxylic acids is 1. The molecule has 2 aliphatic rings. The first-order valence-corrected chi connectivity index (χ1v) is 7.59. The summed E-state index contributed by atoms with van der Waals surface area (Å²) in [6, 6.07) is 0. The maximum absolute atomic E-state index is 12.2. The van der Waals surface area contributed by atoms with Gasteiger partial charge in [-0.25, -0.2) is 0 Å². The van der Waals surface area contributed by atoms with Crippen molar-refractivity contribution in [3.05, 3.63) is 0 Å². The largest absolute Gasteiger partial charge is 0.480 e. The molecule has 18 heavy (non-hydrogen) atoms. The lowest BCUT2D eigenvalue weighted by Gasteiger charge is -2.34. The van der Waals surface area contributed by atoms with Crippen LogP contribution in [0.15, 0.2) is 0 Å². The number of hydrogen-bond donors (Lipinski definition) is 1. The summed E-state index contributed by atoms with van der Waals surface area (Å²) in [5, 5.41) is 8.68. The topological polar surface area (TPSA) is 81.2 Å². The highest BCUT2D eigenvalue weighted by atomic mass is 32.2. The summed E-state index contributed by atoms with van der Waals surface area (Å²) in [6.45, 7) is 2.93. The smallest absolute Gasteiger partial charge is 0.317 e. The van der Waals surface area contributed by atoms with E-state index in [-0.39, 0.29) is 6.54 Å². The molecule has 1 N–H and O–H groups in total.